The van der Waals surface area contributed by atoms with Crippen LogP contribution in [0.15, 0.2) is 0 Å². The fraction of sp³-hybridized carbons (Fsp3) is 1.00. The van der Waals surface area contributed by atoms with Crippen LogP contribution in [0.2, 0.25) is 0 Å². The molecule has 0 aromatic heterocycles. The van der Waals surface area contributed by atoms with E-state index >= 15 is 0 Å². The molecule has 0 bridgehead atoms. The molecule has 76 valence electrons. The number of rotatable bonds is 1. The Balaban J connectivity index is 1.95. The van der Waals surface area contributed by atoms with Crippen molar-refractivity contribution >= 4 is 0 Å². The smallest absolute Gasteiger partial charge is 0.0352 e. The summed E-state index contributed by atoms with van der Waals surface area (Å²) in [5.74, 6) is 6.18. The Morgan fingerprint density at radius 1 is 0.692 bits per heavy atom. The quantitative estimate of drug-likeness (QED) is 0.573. The molecule has 0 aromatic carbocycles. The summed E-state index contributed by atoms with van der Waals surface area (Å²) in [5.41, 5.74) is 0. The first-order valence-corrected chi connectivity index (χ1v) is 6.09. The molecule has 2 fully saturated rings. The van der Waals surface area contributed by atoms with Gasteiger partial charge in [-0.1, -0.05) is 27.7 Å². The molecule has 13 heavy (non-hydrogen) atoms. The highest BCUT2D eigenvalue weighted by Crippen LogP contribution is 2.52. The van der Waals surface area contributed by atoms with Crippen molar-refractivity contribution in [3.05, 3.63) is 0 Å². The molecule has 2 aliphatic rings. The molecule has 5 unspecified atom stereocenters. The second-order valence-electron chi connectivity index (χ2n) is 5.95. The van der Waals surface area contributed by atoms with Gasteiger partial charge >= 0.3 is 0 Å². The normalized spacial score (nSPS) is 56.3. The van der Waals surface area contributed by atoms with Crippen molar-refractivity contribution < 1.29 is 0 Å². The lowest BCUT2D eigenvalue weighted by Gasteiger charge is -2.46. The van der Waals surface area contributed by atoms with Gasteiger partial charge in [0.15, 0.2) is 0 Å². The van der Waals surface area contributed by atoms with Crippen molar-refractivity contribution in [3.8, 4) is 0 Å². The van der Waals surface area contributed by atoms with Crippen LogP contribution in [0.3, 0.4) is 0 Å². The lowest BCUT2D eigenvalue weighted by molar-refractivity contribution is 0.0337. The van der Waals surface area contributed by atoms with Gasteiger partial charge in [-0.15, -0.1) is 0 Å². The van der Waals surface area contributed by atoms with Crippen LogP contribution in [0.25, 0.3) is 0 Å². The first-order chi connectivity index (χ1) is 6.09. The Hall–Kier alpha value is 0. The zero-order valence-electron chi connectivity index (χ0n) is 9.59. The summed E-state index contributed by atoms with van der Waals surface area (Å²) >= 11 is 0. The van der Waals surface area contributed by atoms with Crippen LogP contribution in [0.4, 0.5) is 0 Å². The summed E-state index contributed by atoms with van der Waals surface area (Å²) in [4.78, 5) is 0. The lowest BCUT2D eigenvalue weighted by atomic mass is 9.60. The van der Waals surface area contributed by atoms with Gasteiger partial charge in [-0.3, -0.25) is 0 Å². The zero-order chi connectivity index (χ0) is 9.59. The molecule has 2 rings (SSSR count). The maximum Gasteiger partial charge on any atom is -0.0352 e. The molecule has 0 aliphatic heterocycles. The van der Waals surface area contributed by atoms with Crippen molar-refractivity contribution in [2.75, 3.05) is 0 Å². The van der Waals surface area contributed by atoms with E-state index in [-0.39, 0.29) is 0 Å². The molecule has 6 atom stereocenters. The molecular weight excluding hydrogens is 156 g/mol. The van der Waals surface area contributed by atoms with Crippen molar-refractivity contribution in [1.82, 2.24) is 0 Å². The Kier molecular flexibility index (Phi) is 2.42. The summed E-state index contributed by atoms with van der Waals surface area (Å²) in [6, 6.07) is 0. The third-order valence-corrected chi connectivity index (χ3v) is 4.95. The minimum atomic E-state index is 1.00. The van der Waals surface area contributed by atoms with Gasteiger partial charge in [0.1, 0.15) is 0 Å². The summed E-state index contributed by atoms with van der Waals surface area (Å²) in [6.45, 7) is 9.80. The summed E-state index contributed by atoms with van der Waals surface area (Å²) < 4.78 is 0. The highest BCUT2D eigenvalue weighted by atomic mass is 14.5. The second kappa shape index (κ2) is 3.29. The molecule has 0 nitrogen and oxygen atoms in total. The van der Waals surface area contributed by atoms with E-state index in [0.29, 0.717) is 0 Å². The van der Waals surface area contributed by atoms with E-state index in [4.69, 9.17) is 0 Å². The van der Waals surface area contributed by atoms with E-state index < -0.39 is 0 Å². The lowest BCUT2D eigenvalue weighted by Crippen LogP contribution is -2.38. The molecule has 0 amide bonds. The Bertz CT molecular complexity index is 184. The van der Waals surface area contributed by atoms with Gasteiger partial charge in [-0.2, -0.15) is 0 Å². The summed E-state index contributed by atoms with van der Waals surface area (Å²) in [6.07, 6.45) is 4.52. The van der Waals surface area contributed by atoms with Crippen LogP contribution < -0.4 is 0 Å². The van der Waals surface area contributed by atoms with Gasteiger partial charge in [-0.25, -0.2) is 0 Å². The Labute approximate surface area is 83.1 Å². The fourth-order valence-corrected chi connectivity index (χ4v) is 3.85. The highest BCUT2D eigenvalue weighted by Gasteiger charge is 2.44. The summed E-state index contributed by atoms with van der Waals surface area (Å²) in [5, 5.41) is 0. The first kappa shape index (κ1) is 9.55. The monoisotopic (exact) mass is 180 g/mol. The molecule has 0 heteroatoms. The molecule has 0 heterocycles. The average Bonchev–Trinajstić information content (AvgIpc) is 2.40. The van der Waals surface area contributed by atoms with Gasteiger partial charge in [0.25, 0.3) is 0 Å². The summed E-state index contributed by atoms with van der Waals surface area (Å²) in [7, 11) is 0. The van der Waals surface area contributed by atoms with Gasteiger partial charge in [0.05, 0.1) is 0 Å². The van der Waals surface area contributed by atoms with Crippen molar-refractivity contribution in [3.63, 3.8) is 0 Å². The van der Waals surface area contributed by atoms with Gasteiger partial charge in [-0.05, 0) is 54.8 Å². The Morgan fingerprint density at radius 3 is 1.77 bits per heavy atom. The van der Waals surface area contributed by atoms with Gasteiger partial charge < -0.3 is 0 Å². The molecular formula is C13H24. The maximum absolute atomic E-state index is 2.48. The minimum absolute atomic E-state index is 1.00. The molecule has 0 aromatic rings. The average molecular weight is 180 g/mol. The van der Waals surface area contributed by atoms with Crippen LogP contribution in [-0.4, -0.2) is 0 Å². The maximum atomic E-state index is 2.48. The van der Waals surface area contributed by atoms with Crippen LogP contribution in [-0.2, 0) is 0 Å². The molecule has 0 radical (unpaired) electrons. The van der Waals surface area contributed by atoms with Crippen molar-refractivity contribution in [1.29, 1.82) is 0 Å². The predicted octanol–water partition coefficient (Wildman–Crippen LogP) is 3.96. The molecule has 0 saturated heterocycles. The number of hydrogen-bond donors (Lipinski definition) is 0. The number of hydrogen-bond acceptors (Lipinski definition) is 0. The predicted molar refractivity (Wildman–Crippen MR) is 57.5 cm³/mol. The topological polar surface area (TPSA) is 0 Å². The van der Waals surface area contributed by atoms with Crippen molar-refractivity contribution in [2.45, 2.75) is 47.0 Å². The van der Waals surface area contributed by atoms with E-state index in [2.05, 4.69) is 27.7 Å². The molecule has 2 saturated carbocycles. The third-order valence-electron chi connectivity index (χ3n) is 4.95. The second-order valence-corrected chi connectivity index (χ2v) is 5.95. The molecule has 2 aliphatic carbocycles. The van der Waals surface area contributed by atoms with E-state index in [0.717, 1.165) is 35.5 Å². The first-order valence-electron chi connectivity index (χ1n) is 6.09. The van der Waals surface area contributed by atoms with Crippen LogP contribution in [0, 0.1) is 35.5 Å². The molecule has 0 N–H and O–H groups in total. The zero-order valence-corrected chi connectivity index (χ0v) is 9.59. The highest BCUT2D eigenvalue weighted by molar-refractivity contribution is 4.93. The third kappa shape index (κ3) is 1.53. The molecule has 0 spiro atoms. The van der Waals surface area contributed by atoms with E-state index in [1.165, 1.54) is 19.3 Å². The van der Waals surface area contributed by atoms with E-state index in [9.17, 15) is 0 Å². The Morgan fingerprint density at radius 2 is 1.38 bits per heavy atom. The van der Waals surface area contributed by atoms with E-state index in [1.807, 2.05) is 0 Å². The van der Waals surface area contributed by atoms with Gasteiger partial charge in [0.2, 0.25) is 0 Å². The fourth-order valence-electron chi connectivity index (χ4n) is 3.85. The SMILES string of the molecule is CC1CC(C2C[C@H](C)CC2C)C1C. The largest absolute Gasteiger partial charge is 0.0625 e. The van der Waals surface area contributed by atoms with E-state index in [1.54, 1.807) is 0 Å². The standard InChI is InChI=1S/C13H24/c1-8-5-10(3)12(6-8)13-7-9(2)11(13)4/h8-13H,5-7H2,1-4H3/t8-,9?,10?,11?,12?,13?/m1/s1. The minimum Gasteiger partial charge on any atom is -0.0625 e. The van der Waals surface area contributed by atoms with Crippen LogP contribution in [0.5, 0.6) is 0 Å². The van der Waals surface area contributed by atoms with Crippen LogP contribution >= 0.6 is 0 Å². The van der Waals surface area contributed by atoms with Crippen LogP contribution in [0.1, 0.15) is 47.0 Å². The van der Waals surface area contributed by atoms with Gasteiger partial charge in [0, 0.05) is 0 Å². The van der Waals surface area contributed by atoms with Crippen molar-refractivity contribution in [2.24, 2.45) is 35.5 Å².